The van der Waals surface area contributed by atoms with Gasteiger partial charge in [-0.15, -0.1) is 0 Å². The number of aryl methyl sites for hydroxylation is 1. The number of para-hydroxylation sites is 1. The second-order valence-electron chi connectivity index (χ2n) is 10.9. The summed E-state index contributed by atoms with van der Waals surface area (Å²) in [5, 5.41) is 4.69. The number of ether oxygens (including phenoxy) is 1. The molecule has 1 aromatic heterocycles. The lowest BCUT2D eigenvalue weighted by Crippen LogP contribution is -2.33. The lowest BCUT2D eigenvalue weighted by molar-refractivity contribution is -0.122. The Morgan fingerprint density at radius 1 is 0.886 bits per heavy atom. The highest BCUT2D eigenvalue weighted by Crippen LogP contribution is 2.55. The van der Waals surface area contributed by atoms with Crippen LogP contribution in [0.4, 0.5) is 11.4 Å². The van der Waals surface area contributed by atoms with E-state index in [9.17, 15) is 19.2 Å². The number of rotatable bonds is 6. The molecule has 1 saturated heterocycles. The van der Waals surface area contributed by atoms with Crippen molar-refractivity contribution in [3.8, 4) is 5.75 Å². The van der Waals surface area contributed by atoms with E-state index in [1.807, 2.05) is 85.8 Å². The first-order valence-electron chi connectivity index (χ1n) is 14.1. The summed E-state index contributed by atoms with van der Waals surface area (Å²) in [5.41, 5.74) is 2.86. The molecule has 5 aromatic rings. The normalized spacial score (nSPS) is 19.1. The van der Waals surface area contributed by atoms with Crippen LogP contribution in [-0.2, 0) is 20.9 Å². The number of thiazole rings is 1. The van der Waals surface area contributed by atoms with E-state index in [4.69, 9.17) is 4.74 Å². The molecule has 220 valence electrons. The number of nitrogens with zero attached hydrogens (tertiary/aromatic N) is 2. The highest BCUT2D eigenvalue weighted by molar-refractivity contribution is 8.00. The molecule has 2 unspecified atom stereocenters. The van der Waals surface area contributed by atoms with Gasteiger partial charge in [-0.25, -0.2) is 4.90 Å². The molecule has 8 nitrogen and oxygen atoms in total. The average molecular weight is 622 g/mol. The summed E-state index contributed by atoms with van der Waals surface area (Å²) < 4.78 is 7.11. The largest absolute Gasteiger partial charge is 0.496 e. The van der Waals surface area contributed by atoms with Gasteiger partial charge in [-0.2, -0.15) is 0 Å². The fraction of sp³-hybridized carbons (Fsp3) is 0.176. The molecule has 0 saturated carbocycles. The first-order valence-corrected chi connectivity index (χ1v) is 15.8. The predicted molar refractivity (Wildman–Crippen MR) is 173 cm³/mol. The first kappa shape index (κ1) is 28.1. The summed E-state index contributed by atoms with van der Waals surface area (Å²) in [4.78, 5) is 56.4. The lowest BCUT2D eigenvalue weighted by atomic mass is 9.82. The summed E-state index contributed by atoms with van der Waals surface area (Å²) in [7, 11) is 1.56. The van der Waals surface area contributed by atoms with Crippen LogP contribution in [0.5, 0.6) is 5.75 Å². The maximum Gasteiger partial charge on any atom is 0.308 e. The zero-order chi connectivity index (χ0) is 30.5. The lowest BCUT2D eigenvalue weighted by Gasteiger charge is -2.31. The van der Waals surface area contributed by atoms with E-state index in [0.717, 1.165) is 27.7 Å². The number of carbonyl (C=O) groups excluding carboxylic acids is 3. The molecular weight excluding hydrogens is 595 g/mol. The molecule has 1 N–H and O–H groups in total. The van der Waals surface area contributed by atoms with E-state index >= 15 is 0 Å². The number of aromatic nitrogens is 1. The van der Waals surface area contributed by atoms with Gasteiger partial charge in [0, 0.05) is 22.0 Å². The SMILES string of the molecule is COc1ccccc1[C@H]1c2sc(=O)n(CC(=O)Nc3ccc4ccccc4c3)c2SC2C(=O)N(c3ccc(C)cc3)C(=O)C21. The molecule has 4 aromatic carbocycles. The Hall–Kier alpha value is -4.67. The van der Waals surface area contributed by atoms with Crippen LogP contribution in [0.2, 0.25) is 0 Å². The van der Waals surface area contributed by atoms with E-state index < -0.39 is 17.1 Å². The molecule has 1 fully saturated rings. The van der Waals surface area contributed by atoms with Crippen molar-refractivity contribution in [3.05, 3.63) is 117 Å². The zero-order valence-electron chi connectivity index (χ0n) is 23.9. The Morgan fingerprint density at radius 3 is 2.39 bits per heavy atom. The first-order chi connectivity index (χ1) is 21.3. The van der Waals surface area contributed by atoms with Crippen LogP contribution < -0.4 is 19.8 Å². The monoisotopic (exact) mass is 621 g/mol. The number of fused-ring (bicyclic) bond motifs is 3. The summed E-state index contributed by atoms with van der Waals surface area (Å²) in [6.07, 6.45) is 0. The van der Waals surface area contributed by atoms with Gasteiger partial charge in [0.25, 0.3) is 0 Å². The number of hydrogen-bond donors (Lipinski definition) is 1. The number of benzene rings is 4. The number of methoxy groups -OCH3 is 1. The van der Waals surface area contributed by atoms with E-state index in [0.29, 0.717) is 32.6 Å². The number of imide groups is 1. The summed E-state index contributed by atoms with van der Waals surface area (Å²) >= 11 is 2.20. The Morgan fingerprint density at radius 2 is 1.61 bits per heavy atom. The third-order valence-electron chi connectivity index (χ3n) is 8.15. The number of amides is 3. The quantitative estimate of drug-likeness (QED) is 0.240. The van der Waals surface area contributed by atoms with Crippen LogP contribution in [0.1, 0.15) is 21.9 Å². The molecule has 3 atom stereocenters. The van der Waals surface area contributed by atoms with Gasteiger partial charge in [-0.3, -0.25) is 23.7 Å². The van der Waals surface area contributed by atoms with Gasteiger partial charge in [0.1, 0.15) is 17.5 Å². The minimum atomic E-state index is -0.782. The molecule has 0 aliphatic carbocycles. The molecule has 7 rings (SSSR count). The molecule has 3 amide bonds. The third-order valence-corrected chi connectivity index (χ3v) is 10.8. The topological polar surface area (TPSA) is 97.7 Å². The van der Waals surface area contributed by atoms with E-state index in [1.165, 1.54) is 21.2 Å². The molecule has 0 radical (unpaired) electrons. The van der Waals surface area contributed by atoms with Crippen molar-refractivity contribution < 1.29 is 19.1 Å². The molecule has 2 aliphatic heterocycles. The summed E-state index contributed by atoms with van der Waals surface area (Å²) in [6, 6.07) is 28.1. The number of nitrogens with one attached hydrogen (secondary N) is 1. The number of thioether (sulfide) groups is 1. The number of hydrogen-bond acceptors (Lipinski definition) is 7. The predicted octanol–water partition coefficient (Wildman–Crippen LogP) is 5.81. The molecule has 0 bridgehead atoms. The molecule has 44 heavy (non-hydrogen) atoms. The van der Waals surface area contributed by atoms with E-state index in [2.05, 4.69) is 5.32 Å². The number of anilines is 2. The fourth-order valence-electron chi connectivity index (χ4n) is 6.07. The van der Waals surface area contributed by atoms with Crippen molar-refractivity contribution in [1.29, 1.82) is 0 Å². The Kier molecular flexibility index (Phi) is 7.10. The van der Waals surface area contributed by atoms with Crippen molar-refractivity contribution in [1.82, 2.24) is 4.57 Å². The second kappa shape index (κ2) is 11.1. The van der Waals surface area contributed by atoms with Crippen LogP contribution >= 0.6 is 23.1 Å². The van der Waals surface area contributed by atoms with E-state index in [1.54, 1.807) is 19.2 Å². The Labute approximate surface area is 261 Å². The fourth-order valence-corrected chi connectivity index (χ4v) is 8.84. The van der Waals surface area contributed by atoms with Crippen molar-refractivity contribution in [3.63, 3.8) is 0 Å². The minimum absolute atomic E-state index is 0.232. The number of carbonyl (C=O) groups is 3. The highest BCUT2D eigenvalue weighted by atomic mass is 32.2. The van der Waals surface area contributed by atoms with Crippen LogP contribution in [0.25, 0.3) is 10.8 Å². The molecule has 3 heterocycles. The van der Waals surface area contributed by atoms with Crippen molar-refractivity contribution in [2.75, 3.05) is 17.3 Å². The molecular formula is C34H27N3O5S2. The third kappa shape index (κ3) is 4.71. The van der Waals surface area contributed by atoms with Crippen LogP contribution in [-0.4, -0.2) is 34.6 Å². The standard InChI is InChI=1S/C34H27N3O5S2/c1-19-11-15-23(16-12-19)37-31(39)28-27(24-9-5-6-10-25(24)42-2)30-33(43-29(28)32(37)40)36(34(41)44-30)18-26(38)35-22-14-13-20-7-3-4-8-21(20)17-22/h3-17,27-29H,18H2,1-2H3,(H,35,38)/t27-,28?,29?/m1/s1. The van der Waals surface area contributed by atoms with Gasteiger partial charge in [-0.1, -0.05) is 89.3 Å². The zero-order valence-corrected chi connectivity index (χ0v) is 25.5. The van der Waals surface area contributed by atoms with Gasteiger partial charge < -0.3 is 10.1 Å². The van der Waals surface area contributed by atoms with Gasteiger partial charge in [0.05, 0.1) is 23.7 Å². The van der Waals surface area contributed by atoms with Crippen molar-refractivity contribution >= 4 is 63.0 Å². The van der Waals surface area contributed by atoms with Crippen molar-refractivity contribution in [2.24, 2.45) is 5.92 Å². The summed E-state index contributed by atoms with van der Waals surface area (Å²) in [6.45, 7) is 1.71. The maximum atomic E-state index is 14.1. The van der Waals surface area contributed by atoms with E-state index in [-0.39, 0.29) is 29.1 Å². The molecule has 10 heteroatoms. The minimum Gasteiger partial charge on any atom is -0.496 e. The molecule has 0 spiro atoms. The van der Waals surface area contributed by atoms with Crippen LogP contribution in [0, 0.1) is 12.8 Å². The highest BCUT2D eigenvalue weighted by Gasteiger charge is 2.57. The van der Waals surface area contributed by atoms with Gasteiger partial charge in [0.2, 0.25) is 17.7 Å². The Bertz CT molecular complexity index is 2020. The Balaban J connectivity index is 1.28. The smallest absolute Gasteiger partial charge is 0.308 e. The maximum absolute atomic E-state index is 14.1. The molecule has 2 aliphatic rings. The van der Waals surface area contributed by atoms with Crippen molar-refractivity contribution in [2.45, 2.75) is 29.7 Å². The van der Waals surface area contributed by atoms with Gasteiger partial charge in [0.15, 0.2) is 0 Å². The summed E-state index contributed by atoms with van der Waals surface area (Å²) in [5.74, 6) is -1.83. The van der Waals surface area contributed by atoms with Gasteiger partial charge in [-0.05, 0) is 48.0 Å². The van der Waals surface area contributed by atoms with Crippen LogP contribution in [0.3, 0.4) is 0 Å². The van der Waals surface area contributed by atoms with Gasteiger partial charge >= 0.3 is 4.87 Å². The second-order valence-corrected chi connectivity index (χ2v) is 13.0. The van der Waals surface area contributed by atoms with Crippen LogP contribution in [0.15, 0.2) is 101 Å². The average Bonchev–Trinajstić information content (AvgIpc) is 3.47.